The van der Waals surface area contributed by atoms with Gasteiger partial charge in [0, 0.05) is 23.7 Å². The Labute approximate surface area is 130 Å². The largest absolute Gasteiger partial charge is 0.323 e. The summed E-state index contributed by atoms with van der Waals surface area (Å²) in [5, 5.41) is 1.04. The van der Waals surface area contributed by atoms with Gasteiger partial charge in [-0.25, -0.2) is 4.98 Å². The highest BCUT2D eigenvalue weighted by Crippen LogP contribution is 2.44. The summed E-state index contributed by atoms with van der Waals surface area (Å²) in [5.74, 6) is 0. The monoisotopic (exact) mass is 301 g/mol. The summed E-state index contributed by atoms with van der Waals surface area (Å²) >= 11 is 1.75. The fourth-order valence-corrected chi connectivity index (χ4v) is 4.22. The van der Waals surface area contributed by atoms with Crippen LogP contribution in [-0.2, 0) is 6.42 Å². The van der Waals surface area contributed by atoms with E-state index >= 15 is 0 Å². The number of rotatable bonds is 2. The van der Waals surface area contributed by atoms with Crippen molar-refractivity contribution in [3.8, 4) is 0 Å². The van der Waals surface area contributed by atoms with Gasteiger partial charge in [0.1, 0.15) is 0 Å². The van der Waals surface area contributed by atoms with Gasteiger partial charge in [-0.1, -0.05) is 43.4 Å². The molecule has 0 fully saturated rings. The first-order valence-corrected chi connectivity index (χ1v) is 8.23. The first-order chi connectivity index (χ1) is 9.87. The molecule has 0 aliphatic heterocycles. The Morgan fingerprint density at radius 3 is 2.76 bits per heavy atom. The van der Waals surface area contributed by atoms with Gasteiger partial charge in [0.25, 0.3) is 0 Å². The van der Waals surface area contributed by atoms with Crippen LogP contribution >= 0.6 is 11.3 Å². The Morgan fingerprint density at radius 2 is 2.05 bits per heavy atom. The van der Waals surface area contributed by atoms with E-state index in [2.05, 4.69) is 57.0 Å². The predicted molar refractivity (Wildman–Crippen MR) is 90.4 cm³/mol. The fraction of sp³-hybridized carbons (Fsp3) is 0.471. The average Bonchev–Trinajstić information content (AvgIpc) is 2.81. The van der Waals surface area contributed by atoms with E-state index in [0.29, 0.717) is 0 Å². The van der Waals surface area contributed by atoms with E-state index in [1.54, 1.807) is 11.3 Å². The van der Waals surface area contributed by atoms with Gasteiger partial charge in [-0.2, -0.15) is 0 Å². The molecule has 21 heavy (non-hydrogen) atoms. The molecule has 2 N–H and O–H groups in total. The number of nitrogens with zero attached hydrogens (tertiary/aromatic N) is 2. The molecule has 1 heterocycles. The summed E-state index contributed by atoms with van der Waals surface area (Å²) in [7, 11) is 2.09. The van der Waals surface area contributed by atoms with Gasteiger partial charge >= 0.3 is 0 Å². The van der Waals surface area contributed by atoms with Crippen LogP contribution in [0, 0.1) is 12.3 Å². The van der Waals surface area contributed by atoms with Crippen LogP contribution in [0.5, 0.6) is 0 Å². The third kappa shape index (κ3) is 2.70. The van der Waals surface area contributed by atoms with Crippen LogP contribution in [0.2, 0.25) is 0 Å². The van der Waals surface area contributed by atoms with Gasteiger partial charge in [-0.15, -0.1) is 0 Å². The predicted octanol–water partition coefficient (Wildman–Crippen LogP) is 4.19. The second-order valence-electron chi connectivity index (χ2n) is 6.80. The van der Waals surface area contributed by atoms with Crippen molar-refractivity contribution < 1.29 is 0 Å². The Kier molecular flexibility index (Phi) is 3.54. The average molecular weight is 301 g/mol. The molecular formula is C17H23N3S. The lowest BCUT2D eigenvalue weighted by Gasteiger charge is -2.32. The van der Waals surface area contributed by atoms with Crippen molar-refractivity contribution in [3.05, 3.63) is 40.4 Å². The highest BCUT2D eigenvalue weighted by atomic mass is 32.1. The number of para-hydroxylation sites is 1. The van der Waals surface area contributed by atoms with Crippen molar-refractivity contribution >= 4 is 22.2 Å². The number of aryl methyl sites for hydroxylation is 1. The minimum absolute atomic E-state index is 0.125. The second kappa shape index (κ2) is 5.11. The molecule has 4 heteroatoms. The maximum absolute atomic E-state index is 6.36. The smallest absolute Gasteiger partial charge is 0.190 e. The zero-order valence-corrected chi connectivity index (χ0v) is 14.0. The molecular weight excluding hydrogens is 278 g/mol. The Morgan fingerprint density at radius 1 is 1.33 bits per heavy atom. The molecule has 2 aromatic rings. The van der Waals surface area contributed by atoms with Crippen LogP contribution in [0.25, 0.3) is 0 Å². The standard InChI is InChI=1S/C17H23N3S/c1-11-7-5-6-8-14(11)20(4)16-19-13-10-17(2,3)9-12(18)15(13)21-16/h5-8,12H,9-10,18H2,1-4H3. The third-order valence-corrected chi connectivity index (χ3v) is 5.54. The Balaban J connectivity index is 1.97. The van der Waals surface area contributed by atoms with E-state index in [0.717, 1.165) is 18.0 Å². The number of hydrogen-bond donors (Lipinski definition) is 1. The van der Waals surface area contributed by atoms with Crippen molar-refractivity contribution in [2.75, 3.05) is 11.9 Å². The number of benzene rings is 1. The molecule has 0 bridgehead atoms. The number of hydrogen-bond acceptors (Lipinski definition) is 4. The second-order valence-corrected chi connectivity index (χ2v) is 7.81. The molecule has 0 saturated heterocycles. The molecule has 1 aromatic heterocycles. The highest BCUT2D eigenvalue weighted by molar-refractivity contribution is 7.15. The molecule has 0 saturated carbocycles. The maximum atomic E-state index is 6.36. The number of anilines is 2. The van der Waals surface area contributed by atoms with Crippen LogP contribution in [0.1, 0.15) is 42.4 Å². The van der Waals surface area contributed by atoms with Crippen molar-refractivity contribution in [2.45, 2.75) is 39.7 Å². The van der Waals surface area contributed by atoms with Gasteiger partial charge < -0.3 is 10.6 Å². The quantitative estimate of drug-likeness (QED) is 0.904. The highest BCUT2D eigenvalue weighted by Gasteiger charge is 2.33. The molecule has 112 valence electrons. The Hall–Kier alpha value is -1.39. The van der Waals surface area contributed by atoms with Gasteiger partial charge in [0.15, 0.2) is 5.13 Å². The lowest BCUT2D eigenvalue weighted by atomic mass is 9.77. The van der Waals surface area contributed by atoms with Gasteiger partial charge in [0.2, 0.25) is 0 Å². The van der Waals surface area contributed by atoms with Crippen molar-refractivity contribution in [1.29, 1.82) is 0 Å². The summed E-state index contributed by atoms with van der Waals surface area (Å²) in [6.07, 6.45) is 2.06. The van der Waals surface area contributed by atoms with Crippen LogP contribution in [0.15, 0.2) is 24.3 Å². The maximum Gasteiger partial charge on any atom is 0.190 e. The van der Waals surface area contributed by atoms with Gasteiger partial charge in [0.05, 0.1) is 5.69 Å². The number of thiazole rings is 1. The molecule has 1 aliphatic rings. The van der Waals surface area contributed by atoms with E-state index in [1.165, 1.54) is 21.8 Å². The van der Waals surface area contributed by atoms with Gasteiger partial charge in [-0.3, -0.25) is 0 Å². The first kappa shape index (κ1) is 14.5. The van der Waals surface area contributed by atoms with E-state index in [1.807, 2.05) is 0 Å². The summed E-state index contributed by atoms with van der Waals surface area (Å²) < 4.78 is 0. The normalized spacial score (nSPS) is 20.1. The summed E-state index contributed by atoms with van der Waals surface area (Å²) in [5.41, 5.74) is 10.3. The summed E-state index contributed by atoms with van der Waals surface area (Å²) in [4.78, 5) is 8.33. The van der Waals surface area contributed by atoms with Gasteiger partial charge in [-0.05, 0) is 36.8 Å². The fourth-order valence-electron chi connectivity index (χ4n) is 3.17. The summed E-state index contributed by atoms with van der Waals surface area (Å²) in [6.45, 7) is 6.69. The zero-order chi connectivity index (χ0) is 15.2. The minimum Gasteiger partial charge on any atom is -0.323 e. The number of aromatic nitrogens is 1. The van der Waals surface area contributed by atoms with Crippen molar-refractivity contribution in [3.63, 3.8) is 0 Å². The zero-order valence-electron chi connectivity index (χ0n) is 13.2. The van der Waals surface area contributed by atoms with E-state index in [-0.39, 0.29) is 11.5 Å². The summed E-state index contributed by atoms with van der Waals surface area (Å²) in [6, 6.07) is 8.53. The van der Waals surface area contributed by atoms with E-state index in [9.17, 15) is 0 Å². The molecule has 0 spiro atoms. The number of fused-ring (bicyclic) bond motifs is 1. The molecule has 3 nitrogen and oxygen atoms in total. The SMILES string of the molecule is Cc1ccccc1N(C)c1nc2c(s1)C(N)CC(C)(C)C2. The lowest BCUT2D eigenvalue weighted by molar-refractivity contribution is 0.282. The molecule has 1 aromatic carbocycles. The molecule has 0 amide bonds. The van der Waals surface area contributed by atoms with Crippen molar-refractivity contribution in [1.82, 2.24) is 4.98 Å². The number of nitrogens with two attached hydrogens (primary N) is 1. The van der Waals surface area contributed by atoms with Crippen LogP contribution in [0.3, 0.4) is 0 Å². The van der Waals surface area contributed by atoms with Crippen LogP contribution < -0.4 is 10.6 Å². The topological polar surface area (TPSA) is 42.2 Å². The van der Waals surface area contributed by atoms with E-state index in [4.69, 9.17) is 10.7 Å². The first-order valence-electron chi connectivity index (χ1n) is 7.42. The van der Waals surface area contributed by atoms with Crippen LogP contribution in [-0.4, -0.2) is 12.0 Å². The third-order valence-electron chi connectivity index (χ3n) is 4.24. The molecule has 1 atom stereocenters. The molecule has 1 aliphatic carbocycles. The lowest BCUT2D eigenvalue weighted by Crippen LogP contribution is -2.28. The Bertz CT molecular complexity index is 660. The minimum atomic E-state index is 0.125. The molecule has 3 rings (SSSR count). The van der Waals surface area contributed by atoms with E-state index < -0.39 is 0 Å². The molecule has 0 radical (unpaired) electrons. The molecule has 1 unspecified atom stereocenters. The van der Waals surface area contributed by atoms with Crippen molar-refractivity contribution in [2.24, 2.45) is 11.1 Å². The van der Waals surface area contributed by atoms with Crippen LogP contribution in [0.4, 0.5) is 10.8 Å².